The Morgan fingerprint density at radius 2 is 2.21 bits per heavy atom. The number of carboxylic acid groups (broad SMARTS) is 1. The van der Waals surface area contributed by atoms with Crippen LogP contribution >= 0.6 is 0 Å². The van der Waals surface area contributed by atoms with Gasteiger partial charge in [-0.2, -0.15) is 5.10 Å². The van der Waals surface area contributed by atoms with Gasteiger partial charge < -0.3 is 14.6 Å². The van der Waals surface area contributed by atoms with Crippen LogP contribution in [-0.4, -0.2) is 28.0 Å². The fraction of sp³-hybridized carbons (Fsp3) is 0.231. The summed E-state index contributed by atoms with van der Waals surface area (Å²) in [6.07, 6.45) is 1.79. The van der Waals surface area contributed by atoms with Gasteiger partial charge in [0.05, 0.1) is 12.8 Å². The molecule has 1 aromatic heterocycles. The lowest BCUT2D eigenvalue weighted by Crippen LogP contribution is -2.05. The Kier molecular flexibility index (Phi) is 3.70. The van der Waals surface area contributed by atoms with Gasteiger partial charge in [-0.1, -0.05) is 6.07 Å². The zero-order valence-electron chi connectivity index (χ0n) is 10.7. The van der Waals surface area contributed by atoms with Gasteiger partial charge in [0.1, 0.15) is 12.2 Å². The van der Waals surface area contributed by atoms with Gasteiger partial charge in [-0.3, -0.25) is 4.68 Å². The fourth-order valence-electron chi connectivity index (χ4n) is 1.68. The topological polar surface area (TPSA) is 73.6 Å². The lowest BCUT2D eigenvalue weighted by molar-refractivity contribution is 0.0690. The van der Waals surface area contributed by atoms with Gasteiger partial charge in [0.2, 0.25) is 0 Å². The van der Waals surface area contributed by atoms with Crippen LogP contribution in [-0.2, 0) is 13.7 Å². The van der Waals surface area contributed by atoms with Gasteiger partial charge in [-0.05, 0) is 18.2 Å². The van der Waals surface area contributed by atoms with Crippen LogP contribution in [0.3, 0.4) is 0 Å². The normalized spacial score (nSPS) is 10.2. The van der Waals surface area contributed by atoms with Crippen molar-refractivity contribution in [2.24, 2.45) is 7.05 Å². The molecule has 1 heterocycles. The maximum atomic E-state index is 11.2. The summed E-state index contributed by atoms with van der Waals surface area (Å²) < 4.78 is 12.3. The maximum absolute atomic E-state index is 11.2. The predicted molar refractivity (Wildman–Crippen MR) is 67.5 cm³/mol. The van der Waals surface area contributed by atoms with Crippen molar-refractivity contribution in [1.29, 1.82) is 0 Å². The summed E-state index contributed by atoms with van der Waals surface area (Å²) in [5.74, 6) is -0.464. The minimum atomic E-state index is -1.06. The molecule has 0 aliphatic rings. The van der Waals surface area contributed by atoms with Crippen LogP contribution in [0.1, 0.15) is 16.1 Å². The molecule has 0 saturated carbocycles. The van der Waals surface area contributed by atoms with Crippen LogP contribution in [0.4, 0.5) is 0 Å². The van der Waals surface area contributed by atoms with Crippen molar-refractivity contribution in [3.8, 4) is 11.5 Å². The van der Waals surface area contributed by atoms with Gasteiger partial charge in [-0.15, -0.1) is 0 Å². The van der Waals surface area contributed by atoms with E-state index in [1.165, 1.54) is 13.2 Å². The number of rotatable bonds is 5. The molecule has 6 heteroatoms. The standard InChI is InChI=1S/C13H14N2O4/c1-15-7-6-9(14-15)8-19-12-10(13(16)17)4-3-5-11(12)18-2/h3-7H,8H2,1-2H3,(H,16,17). The van der Waals surface area contributed by atoms with E-state index in [-0.39, 0.29) is 17.9 Å². The Morgan fingerprint density at radius 1 is 1.42 bits per heavy atom. The van der Waals surface area contributed by atoms with E-state index in [9.17, 15) is 4.79 Å². The molecule has 0 saturated heterocycles. The fourth-order valence-corrected chi connectivity index (χ4v) is 1.68. The van der Waals surface area contributed by atoms with Crippen molar-refractivity contribution in [1.82, 2.24) is 9.78 Å². The summed E-state index contributed by atoms with van der Waals surface area (Å²) in [5.41, 5.74) is 0.778. The Morgan fingerprint density at radius 3 is 2.79 bits per heavy atom. The molecule has 100 valence electrons. The molecule has 0 radical (unpaired) electrons. The summed E-state index contributed by atoms with van der Waals surface area (Å²) in [6, 6.07) is 6.53. The monoisotopic (exact) mass is 262 g/mol. The van der Waals surface area contributed by atoms with Crippen molar-refractivity contribution in [2.45, 2.75) is 6.61 Å². The number of methoxy groups -OCH3 is 1. The number of benzene rings is 1. The third-order valence-corrected chi connectivity index (χ3v) is 2.56. The summed E-state index contributed by atoms with van der Waals surface area (Å²) in [4.78, 5) is 11.2. The summed E-state index contributed by atoms with van der Waals surface area (Å²) in [6.45, 7) is 0.182. The SMILES string of the molecule is COc1cccc(C(=O)O)c1OCc1ccn(C)n1. The molecule has 1 N–H and O–H groups in total. The molecule has 0 spiro atoms. The Balaban J connectivity index is 2.25. The van der Waals surface area contributed by atoms with Crippen LogP contribution in [0.2, 0.25) is 0 Å². The van der Waals surface area contributed by atoms with E-state index in [4.69, 9.17) is 14.6 Å². The second-order valence-electron chi connectivity index (χ2n) is 3.91. The van der Waals surface area contributed by atoms with Crippen molar-refractivity contribution in [2.75, 3.05) is 7.11 Å². The average molecular weight is 262 g/mol. The average Bonchev–Trinajstić information content (AvgIpc) is 2.81. The minimum absolute atomic E-state index is 0.0651. The van der Waals surface area contributed by atoms with Crippen molar-refractivity contribution in [3.05, 3.63) is 41.7 Å². The molecule has 0 fully saturated rings. The van der Waals surface area contributed by atoms with Crippen LogP contribution in [0, 0.1) is 0 Å². The number of nitrogens with zero attached hydrogens (tertiary/aromatic N) is 2. The highest BCUT2D eigenvalue weighted by atomic mass is 16.5. The smallest absolute Gasteiger partial charge is 0.339 e. The molecule has 19 heavy (non-hydrogen) atoms. The second kappa shape index (κ2) is 5.43. The van der Waals surface area contributed by atoms with Crippen molar-refractivity contribution in [3.63, 3.8) is 0 Å². The van der Waals surface area contributed by atoms with Gasteiger partial charge >= 0.3 is 5.97 Å². The molecule has 2 rings (SSSR count). The third kappa shape index (κ3) is 2.85. The summed E-state index contributed by atoms with van der Waals surface area (Å²) in [7, 11) is 3.27. The first-order valence-electron chi connectivity index (χ1n) is 5.63. The van der Waals surface area contributed by atoms with E-state index in [0.717, 1.165) is 0 Å². The first-order valence-corrected chi connectivity index (χ1v) is 5.63. The molecule has 0 unspecified atom stereocenters. The highest BCUT2D eigenvalue weighted by Crippen LogP contribution is 2.31. The molecule has 0 aliphatic carbocycles. The van der Waals surface area contributed by atoms with Crippen molar-refractivity contribution < 1.29 is 19.4 Å². The molecule has 2 aromatic rings. The van der Waals surface area contributed by atoms with Gasteiger partial charge in [0.15, 0.2) is 11.5 Å². The number of aromatic carboxylic acids is 1. The number of para-hydroxylation sites is 1. The molecule has 0 atom stereocenters. The molecular weight excluding hydrogens is 248 g/mol. The van der Waals surface area contributed by atoms with Crippen molar-refractivity contribution >= 4 is 5.97 Å². The first-order chi connectivity index (χ1) is 9.11. The number of hydrogen-bond donors (Lipinski definition) is 1. The van der Waals surface area contributed by atoms with E-state index in [2.05, 4.69) is 5.10 Å². The highest BCUT2D eigenvalue weighted by Gasteiger charge is 2.16. The quantitative estimate of drug-likeness (QED) is 0.887. The maximum Gasteiger partial charge on any atom is 0.339 e. The Hall–Kier alpha value is -2.50. The van der Waals surface area contributed by atoms with E-state index in [0.29, 0.717) is 11.4 Å². The van der Waals surface area contributed by atoms with E-state index >= 15 is 0 Å². The molecule has 6 nitrogen and oxygen atoms in total. The van der Waals surface area contributed by atoms with E-state index < -0.39 is 5.97 Å². The number of aryl methyl sites for hydroxylation is 1. The number of hydrogen-bond acceptors (Lipinski definition) is 4. The summed E-state index contributed by atoms with van der Waals surface area (Å²) in [5, 5.41) is 13.3. The zero-order valence-corrected chi connectivity index (χ0v) is 10.7. The number of aromatic nitrogens is 2. The van der Waals surface area contributed by atoms with E-state index in [1.54, 1.807) is 36.1 Å². The number of carboxylic acids is 1. The van der Waals surface area contributed by atoms with Gasteiger partial charge in [-0.25, -0.2) is 4.79 Å². The predicted octanol–water partition coefficient (Wildman–Crippen LogP) is 1.71. The highest BCUT2D eigenvalue weighted by molar-refractivity contribution is 5.92. The Bertz CT molecular complexity index is 592. The molecular formula is C13H14N2O4. The Labute approximate surface area is 110 Å². The van der Waals surface area contributed by atoms with Crippen LogP contribution in [0.15, 0.2) is 30.5 Å². The molecule has 0 amide bonds. The van der Waals surface area contributed by atoms with Gasteiger partial charge in [0.25, 0.3) is 0 Å². The van der Waals surface area contributed by atoms with Gasteiger partial charge in [0, 0.05) is 13.2 Å². The molecule has 1 aromatic carbocycles. The third-order valence-electron chi connectivity index (χ3n) is 2.56. The van der Waals surface area contributed by atoms with Crippen LogP contribution in [0.5, 0.6) is 11.5 Å². The number of carbonyl (C=O) groups is 1. The lowest BCUT2D eigenvalue weighted by Gasteiger charge is -2.12. The molecule has 0 aliphatic heterocycles. The molecule has 0 bridgehead atoms. The number of ether oxygens (including phenoxy) is 2. The van der Waals surface area contributed by atoms with Crippen LogP contribution in [0.25, 0.3) is 0 Å². The van der Waals surface area contributed by atoms with Crippen LogP contribution < -0.4 is 9.47 Å². The second-order valence-corrected chi connectivity index (χ2v) is 3.91. The minimum Gasteiger partial charge on any atom is -0.493 e. The van der Waals surface area contributed by atoms with E-state index in [1.807, 2.05) is 0 Å². The zero-order chi connectivity index (χ0) is 13.8. The largest absolute Gasteiger partial charge is 0.493 e. The first kappa shape index (κ1) is 12.9. The lowest BCUT2D eigenvalue weighted by atomic mass is 10.2. The summed E-state index contributed by atoms with van der Waals surface area (Å²) >= 11 is 0.